The lowest BCUT2D eigenvalue weighted by Gasteiger charge is -2.43. The van der Waals surface area contributed by atoms with Gasteiger partial charge in [-0.05, 0) is 0 Å². The van der Waals surface area contributed by atoms with E-state index in [1.165, 1.54) is 0 Å². The maximum atomic E-state index is 11.7. The van der Waals surface area contributed by atoms with Gasteiger partial charge in [0.25, 0.3) is 40.5 Å². The van der Waals surface area contributed by atoms with E-state index in [1.807, 2.05) is 0 Å². The lowest BCUT2D eigenvalue weighted by Crippen LogP contribution is -2.62. The summed E-state index contributed by atoms with van der Waals surface area (Å²) in [5, 5.41) is 0. The maximum absolute atomic E-state index is 11.7. The highest BCUT2D eigenvalue weighted by Crippen LogP contribution is 2.31. The van der Waals surface area contributed by atoms with Gasteiger partial charge in [-0.3, -0.25) is 16.7 Å². The molecule has 0 aromatic heterocycles. The van der Waals surface area contributed by atoms with Gasteiger partial charge in [0.15, 0.2) is 12.4 Å². The second kappa shape index (κ2) is 9.37. The molecule has 14 nitrogen and oxygen atoms in total. The zero-order valence-corrected chi connectivity index (χ0v) is 19.2. The highest BCUT2D eigenvalue weighted by atomic mass is 32.2. The first-order valence-electron chi connectivity index (χ1n) is 7.49. The van der Waals surface area contributed by atoms with Crippen molar-refractivity contribution < 1.29 is 59.9 Å². The van der Waals surface area contributed by atoms with Gasteiger partial charge in [-0.25, -0.2) is 0 Å². The molecule has 0 saturated carbocycles. The van der Waals surface area contributed by atoms with E-state index in [4.69, 9.17) is 22.0 Å². The molecule has 5 atom stereocenters. The Morgan fingerprint density at radius 1 is 0.655 bits per heavy atom. The highest BCUT2D eigenvalue weighted by molar-refractivity contribution is 7.86. The van der Waals surface area contributed by atoms with E-state index >= 15 is 0 Å². The Morgan fingerprint density at radius 3 is 1.45 bits per heavy atom. The minimum absolute atomic E-state index is 0.612. The number of methoxy groups -OCH3 is 1. The average molecular weight is 507 g/mol. The zero-order valence-electron chi connectivity index (χ0n) is 15.9. The molecule has 1 saturated heterocycles. The first-order chi connectivity index (χ1) is 12.8. The van der Waals surface area contributed by atoms with Gasteiger partial charge in [0.05, 0.1) is 31.6 Å². The molecule has 0 aromatic carbocycles. The second-order valence-electron chi connectivity index (χ2n) is 6.06. The second-order valence-corrected chi connectivity index (χ2v) is 12.5. The van der Waals surface area contributed by atoms with E-state index in [9.17, 15) is 33.7 Å². The molecular weight excluding hydrogens is 484 g/mol. The van der Waals surface area contributed by atoms with Crippen molar-refractivity contribution >= 4 is 40.5 Å². The monoisotopic (exact) mass is 506 g/mol. The van der Waals surface area contributed by atoms with Crippen molar-refractivity contribution in [2.75, 3.05) is 38.7 Å². The van der Waals surface area contributed by atoms with E-state index in [1.54, 1.807) is 0 Å². The van der Waals surface area contributed by atoms with E-state index < -0.39 is 77.8 Å². The van der Waals surface area contributed by atoms with Crippen molar-refractivity contribution in [1.82, 2.24) is 0 Å². The molecule has 1 rings (SSSR count). The third-order valence-electron chi connectivity index (χ3n) is 3.13. The SMILES string of the molecule is CO[C@H]1O[C@@H](COS(C)(=O)=O)[C@H](OS(C)(=O)=O)[C@@H](OS(C)(=O)=O)[C@@H]1OS(C)(=O)=O. The van der Waals surface area contributed by atoms with Crippen LogP contribution in [-0.2, 0) is 66.7 Å². The van der Waals surface area contributed by atoms with E-state index in [0.29, 0.717) is 25.0 Å². The fourth-order valence-electron chi connectivity index (χ4n) is 2.33. The van der Waals surface area contributed by atoms with E-state index in [2.05, 4.69) is 4.18 Å². The molecule has 0 unspecified atom stereocenters. The Morgan fingerprint density at radius 2 is 1.07 bits per heavy atom. The highest BCUT2D eigenvalue weighted by Gasteiger charge is 2.53. The Bertz CT molecular complexity index is 980. The summed E-state index contributed by atoms with van der Waals surface area (Å²) < 4.78 is 122. The topological polar surface area (TPSA) is 192 Å². The predicted octanol–water partition coefficient (Wildman–Crippen LogP) is -2.63. The fourth-order valence-corrected chi connectivity index (χ4v) is 4.57. The van der Waals surface area contributed by atoms with Crippen LogP contribution in [0.25, 0.3) is 0 Å². The molecule has 0 spiro atoms. The van der Waals surface area contributed by atoms with Crippen LogP contribution in [0.3, 0.4) is 0 Å². The molecule has 29 heavy (non-hydrogen) atoms. The standard InChI is InChI=1S/C11H22O14S4/c1-20-11-10(25-29(5,18)19)9(24-28(4,16)17)8(23-27(3,14)15)7(22-11)6-21-26(2,12)13/h7-11H,6H2,1-5H3/t7-,8-,9+,10-,11-/m0/s1. The molecule has 0 aliphatic carbocycles. The minimum atomic E-state index is -4.32. The molecule has 0 aromatic rings. The van der Waals surface area contributed by atoms with Crippen molar-refractivity contribution in [3.8, 4) is 0 Å². The zero-order chi connectivity index (χ0) is 22.8. The Labute approximate surface area is 169 Å². The largest absolute Gasteiger partial charge is 0.353 e. The summed E-state index contributed by atoms with van der Waals surface area (Å²) in [5.41, 5.74) is 0. The summed E-state index contributed by atoms with van der Waals surface area (Å²) in [6.07, 6.45) is -6.25. The first kappa shape index (κ1) is 26.6. The van der Waals surface area contributed by atoms with Crippen LogP contribution in [-0.4, -0.2) is 103 Å². The Hall–Kier alpha value is -0.440. The van der Waals surface area contributed by atoms with Crippen LogP contribution in [0.4, 0.5) is 0 Å². The predicted molar refractivity (Wildman–Crippen MR) is 95.6 cm³/mol. The molecule has 1 aliphatic rings. The van der Waals surface area contributed by atoms with Crippen molar-refractivity contribution in [2.24, 2.45) is 0 Å². The van der Waals surface area contributed by atoms with E-state index in [-0.39, 0.29) is 0 Å². The van der Waals surface area contributed by atoms with Gasteiger partial charge in [-0.1, -0.05) is 0 Å². The van der Waals surface area contributed by atoms with Gasteiger partial charge in [-0.15, -0.1) is 0 Å². The molecule has 1 heterocycles. The summed E-state index contributed by atoms with van der Waals surface area (Å²) in [5.74, 6) is 0. The molecule has 1 aliphatic heterocycles. The molecular formula is C11H22O14S4. The van der Waals surface area contributed by atoms with E-state index in [0.717, 1.165) is 7.11 Å². The van der Waals surface area contributed by atoms with Crippen LogP contribution >= 0.6 is 0 Å². The van der Waals surface area contributed by atoms with Crippen LogP contribution in [0.2, 0.25) is 0 Å². The van der Waals surface area contributed by atoms with Crippen LogP contribution in [0, 0.1) is 0 Å². The molecule has 1 fully saturated rings. The van der Waals surface area contributed by atoms with Crippen LogP contribution in [0.5, 0.6) is 0 Å². The van der Waals surface area contributed by atoms with Crippen LogP contribution in [0.1, 0.15) is 0 Å². The summed E-state index contributed by atoms with van der Waals surface area (Å²) >= 11 is 0. The van der Waals surface area contributed by atoms with Crippen molar-refractivity contribution in [2.45, 2.75) is 30.7 Å². The Kier molecular flexibility index (Phi) is 8.59. The van der Waals surface area contributed by atoms with Gasteiger partial charge >= 0.3 is 0 Å². The smallest absolute Gasteiger partial charge is 0.264 e. The van der Waals surface area contributed by atoms with Gasteiger partial charge in [0.2, 0.25) is 0 Å². The average Bonchev–Trinajstić information content (AvgIpc) is 2.44. The third-order valence-corrected chi connectivity index (χ3v) is 5.41. The van der Waals surface area contributed by atoms with Crippen LogP contribution < -0.4 is 0 Å². The Balaban J connectivity index is 3.49. The molecule has 0 bridgehead atoms. The number of hydrogen-bond acceptors (Lipinski definition) is 14. The molecule has 0 radical (unpaired) electrons. The van der Waals surface area contributed by atoms with Crippen molar-refractivity contribution in [3.63, 3.8) is 0 Å². The molecule has 174 valence electrons. The van der Waals surface area contributed by atoms with Crippen LogP contribution in [0.15, 0.2) is 0 Å². The number of rotatable bonds is 10. The fraction of sp³-hybridized carbons (Fsp3) is 1.00. The maximum Gasteiger partial charge on any atom is 0.264 e. The molecule has 0 amide bonds. The first-order valence-corrected chi connectivity index (χ1v) is 14.8. The summed E-state index contributed by atoms with van der Waals surface area (Å²) in [6.45, 7) is -0.825. The third kappa shape index (κ3) is 9.94. The minimum Gasteiger partial charge on any atom is -0.353 e. The van der Waals surface area contributed by atoms with Gasteiger partial charge < -0.3 is 9.47 Å². The lowest BCUT2D eigenvalue weighted by molar-refractivity contribution is -0.276. The summed E-state index contributed by atoms with van der Waals surface area (Å²) in [7, 11) is -15.8. The quantitative estimate of drug-likeness (QED) is 0.279. The van der Waals surface area contributed by atoms with Gasteiger partial charge in [0.1, 0.15) is 18.3 Å². The summed E-state index contributed by atoms with van der Waals surface area (Å²) in [6, 6.07) is 0. The van der Waals surface area contributed by atoms with Gasteiger partial charge in [0, 0.05) is 7.11 Å². The molecule has 0 N–H and O–H groups in total. The number of hydrogen-bond donors (Lipinski definition) is 0. The van der Waals surface area contributed by atoms with Gasteiger partial charge in [-0.2, -0.15) is 33.7 Å². The summed E-state index contributed by atoms with van der Waals surface area (Å²) in [4.78, 5) is 0. The van der Waals surface area contributed by atoms with Crippen molar-refractivity contribution in [3.05, 3.63) is 0 Å². The normalized spacial score (nSPS) is 29.6. The lowest BCUT2D eigenvalue weighted by atomic mass is 9.99. The molecule has 18 heteroatoms. The number of ether oxygens (including phenoxy) is 2. The van der Waals surface area contributed by atoms with Crippen molar-refractivity contribution in [1.29, 1.82) is 0 Å².